The minimum Gasteiger partial charge on any atom is -0.493 e. The number of hydrogen-bond acceptors (Lipinski definition) is 6. The SMILES string of the molecule is CCN(CC(=O)N[C@H](C)c1ccccc1)Cc1nc2cc(OC)c(OC)cc2c(=O)[nH]1. The molecule has 0 unspecified atom stereocenters. The van der Waals surface area contributed by atoms with Gasteiger partial charge in [0.2, 0.25) is 5.91 Å². The van der Waals surface area contributed by atoms with Crippen LogP contribution in [0.4, 0.5) is 0 Å². The molecule has 1 amide bonds. The number of methoxy groups -OCH3 is 2. The smallest absolute Gasteiger partial charge is 0.258 e. The summed E-state index contributed by atoms with van der Waals surface area (Å²) in [6.07, 6.45) is 0. The number of carbonyl (C=O) groups is 1. The molecular formula is C23H28N4O4. The lowest BCUT2D eigenvalue weighted by Gasteiger charge is -2.21. The van der Waals surface area contributed by atoms with E-state index in [2.05, 4.69) is 15.3 Å². The summed E-state index contributed by atoms with van der Waals surface area (Å²) in [5, 5.41) is 3.43. The highest BCUT2D eigenvalue weighted by molar-refractivity contribution is 5.82. The topological polar surface area (TPSA) is 96.6 Å². The van der Waals surface area contributed by atoms with Crippen molar-refractivity contribution in [3.63, 3.8) is 0 Å². The molecule has 0 aliphatic rings. The minimum atomic E-state index is -0.265. The average Bonchev–Trinajstić information content (AvgIpc) is 2.78. The number of nitrogens with zero attached hydrogens (tertiary/aromatic N) is 2. The number of aromatic amines is 1. The predicted molar refractivity (Wildman–Crippen MR) is 119 cm³/mol. The third-order valence-corrected chi connectivity index (χ3v) is 5.12. The van der Waals surface area contributed by atoms with Gasteiger partial charge in [0.15, 0.2) is 11.5 Å². The van der Waals surface area contributed by atoms with Gasteiger partial charge in [-0.1, -0.05) is 37.3 Å². The number of likely N-dealkylation sites (N-methyl/N-ethyl adjacent to an activating group) is 1. The zero-order valence-corrected chi connectivity index (χ0v) is 18.3. The van der Waals surface area contributed by atoms with E-state index >= 15 is 0 Å². The maximum absolute atomic E-state index is 12.6. The Morgan fingerprint density at radius 2 is 1.84 bits per heavy atom. The van der Waals surface area contributed by atoms with Crippen molar-refractivity contribution in [3.8, 4) is 11.5 Å². The molecule has 3 aromatic rings. The fraction of sp³-hybridized carbons (Fsp3) is 0.348. The van der Waals surface area contributed by atoms with Gasteiger partial charge in [0.1, 0.15) is 5.82 Å². The van der Waals surface area contributed by atoms with Crippen molar-refractivity contribution >= 4 is 16.8 Å². The van der Waals surface area contributed by atoms with E-state index < -0.39 is 0 Å². The van der Waals surface area contributed by atoms with Crippen molar-refractivity contribution in [2.24, 2.45) is 0 Å². The van der Waals surface area contributed by atoms with E-state index in [-0.39, 0.29) is 24.1 Å². The fourth-order valence-electron chi connectivity index (χ4n) is 3.40. The molecule has 2 N–H and O–H groups in total. The molecule has 3 rings (SSSR count). The molecule has 0 bridgehead atoms. The van der Waals surface area contributed by atoms with Crippen LogP contribution in [0, 0.1) is 0 Å². The average molecular weight is 425 g/mol. The van der Waals surface area contributed by atoms with E-state index in [4.69, 9.17) is 9.47 Å². The van der Waals surface area contributed by atoms with E-state index in [0.29, 0.717) is 41.3 Å². The molecule has 0 fully saturated rings. The van der Waals surface area contributed by atoms with E-state index in [0.717, 1.165) is 5.56 Å². The highest BCUT2D eigenvalue weighted by Gasteiger charge is 2.16. The molecule has 1 atom stereocenters. The molecule has 1 aromatic heterocycles. The molecule has 0 aliphatic heterocycles. The van der Waals surface area contributed by atoms with E-state index in [1.165, 1.54) is 14.2 Å². The van der Waals surface area contributed by atoms with E-state index in [9.17, 15) is 9.59 Å². The van der Waals surface area contributed by atoms with Crippen LogP contribution in [0.15, 0.2) is 47.3 Å². The first-order chi connectivity index (χ1) is 14.9. The molecule has 1 heterocycles. The number of amides is 1. The number of carbonyl (C=O) groups excluding carboxylic acids is 1. The second-order valence-electron chi connectivity index (χ2n) is 7.24. The Hall–Kier alpha value is -3.39. The summed E-state index contributed by atoms with van der Waals surface area (Å²) < 4.78 is 10.6. The van der Waals surface area contributed by atoms with Crippen molar-refractivity contribution in [2.45, 2.75) is 26.4 Å². The van der Waals surface area contributed by atoms with Crippen LogP contribution in [0.5, 0.6) is 11.5 Å². The highest BCUT2D eigenvalue weighted by Crippen LogP contribution is 2.29. The number of hydrogen-bond donors (Lipinski definition) is 2. The van der Waals surface area contributed by atoms with Gasteiger partial charge in [0.25, 0.3) is 5.56 Å². The second-order valence-corrected chi connectivity index (χ2v) is 7.24. The summed E-state index contributed by atoms with van der Waals surface area (Å²) in [5.74, 6) is 1.36. The zero-order chi connectivity index (χ0) is 22.4. The molecule has 0 aliphatic carbocycles. The van der Waals surface area contributed by atoms with Crippen molar-refractivity contribution in [1.82, 2.24) is 20.2 Å². The molecule has 8 heteroatoms. The van der Waals surface area contributed by atoms with Crippen LogP contribution in [0.2, 0.25) is 0 Å². The quantitative estimate of drug-likeness (QED) is 0.548. The van der Waals surface area contributed by atoms with E-state index in [1.807, 2.05) is 49.1 Å². The van der Waals surface area contributed by atoms with Gasteiger partial charge in [-0.3, -0.25) is 14.5 Å². The second kappa shape index (κ2) is 10.1. The van der Waals surface area contributed by atoms with Gasteiger partial charge in [-0.2, -0.15) is 0 Å². The predicted octanol–water partition coefficient (Wildman–Crippen LogP) is 2.64. The summed E-state index contributed by atoms with van der Waals surface area (Å²) in [6.45, 7) is 5.07. The Bertz CT molecular complexity index is 1100. The van der Waals surface area contributed by atoms with Gasteiger partial charge in [-0.15, -0.1) is 0 Å². The maximum Gasteiger partial charge on any atom is 0.258 e. The van der Waals surface area contributed by atoms with Crippen LogP contribution in [0.25, 0.3) is 10.9 Å². The number of H-pyrrole nitrogens is 1. The van der Waals surface area contributed by atoms with Gasteiger partial charge in [0, 0.05) is 6.07 Å². The third kappa shape index (κ3) is 5.40. The lowest BCUT2D eigenvalue weighted by atomic mass is 10.1. The lowest BCUT2D eigenvalue weighted by Crippen LogP contribution is -2.38. The Balaban J connectivity index is 1.73. The Morgan fingerprint density at radius 1 is 1.16 bits per heavy atom. The van der Waals surface area contributed by atoms with Gasteiger partial charge >= 0.3 is 0 Å². The van der Waals surface area contributed by atoms with E-state index in [1.54, 1.807) is 12.1 Å². The number of aromatic nitrogens is 2. The summed E-state index contributed by atoms with van der Waals surface area (Å²) in [6, 6.07) is 13.0. The molecular weight excluding hydrogens is 396 g/mol. The molecule has 2 aromatic carbocycles. The van der Waals surface area contributed by atoms with Crippen molar-refractivity contribution in [3.05, 3.63) is 64.2 Å². The van der Waals surface area contributed by atoms with Crippen LogP contribution in [0.3, 0.4) is 0 Å². The minimum absolute atomic E-state index is 0.0894. The van der Waals surface area contributed by atoms with Crippen LogP contribution in [0.1, 0.15) is 31.3 Å². The molecule has 0 saturated carbocycles. The summed E-state index contributed by atoms with van der Waals surface area (Å²) >= 11 is 0. The van der Waals surface area contributed by atoms with Gasteiger partial charge < -0.3 is 19.8 Å². The van der Waals surface area contributed by atoms with Gasteiger partial charge in [0.05, 0.1) is 44.3 Å². The first-order valence-corrected chi connectivity index (χ1v) is 10.2. The largest absolute Gasteiger partial charge is 0.493 e. The molecule has 164 valence electrons. The lowest BCUT2D eigenvalue weighted by molar-refractivity contribution is -0.123. The normalized spacial score (nSPS) is 12.0. The number of fused-ring (bicyclic) bond motifs is 1. The molecule has 0 radical (unpaired) electrons. The molecule has 8 nitrogen and oxygen atoms in total. The maximum atomic E-state index is 12.6. The van der Waals surface area contributed by atoms with Crippen molar-refractivity contribution in [2.75, 3.05) is 27.3 Å². The summed E-state index contributed by atoms with van der Waals surface area (Å²) in [5.41, 5.74) is 1.29. The van der Waals surface area contributed by atoms with Gasteiger partial charge in [-0.05, 0) is 25.1 Å². The van der Waals surface area contributed by atoms with Gasteiger partial charge in [-0.25, -0.2) is 4.98 Å². The Labute approximate surface area is 181 Å². The van der Waals surface area contributed by atoms with Crippen LogP contribution in [-0.4, -0.2) is 48.1 Å². The van der Waals surface area contributed by atoms with Crippen molar-refractivity contribution < 1.29 is 14.3 Å². The van der Waals surface area contributed by atoms with Crippen LogP contribution >= 0.6 is 0 Å². The molecule has 31 heavy (non-hydrogen) atoms. The van der Waals surface area contributed by atoms with Crippen LogP contribution < -0.4 is 20.3 Å². The standard InChI is InChI=1S/C23H28N4O4/c1-5-27(14-22(28)24-15(2)16-9-7-6-8-10-16)13-21-25-18-12-20(31-4)19(30-3)11-17(18)23(29)26-21/h6-12,15H,5,13-14H2,1-4H3,(H,24,28)(H,25,26,29)/t15-/m1/s1. The monoisotopic (exact) mass is 424 g/mol. The highest BCUT2D eigenvalue weighted by atomic mass is 16.5. The Morgan fingerprint density at radius 3 is 2.48 bits per heavy atom. The number of benzene rings is 2. The summed E-state index contributed by atoms with van der Waals surface area (Å²) in [7, 11) is 3.05. The Kier molecular flexibility index (Phi) is 7.25. The first kappa shape index (κ1) is 22.3. The number of ether oxygens (including phenoxy) is 2. The van der Waals surface area contributed by atoms with Crippen molar-refractivity contribution in [1.29, 1.82) is 0 Å². The third-order valence-electron chi connectivity index (χ3n) is 5.12. The molecule has 0 saturated heterocycles. The molecule has 0 spiro atoms. The zero-order valence-electron chi connectivity index (χ0n) is 18.3. The van der Waals surface area contributed by atoms with Crippen LogP contribution in [-0.2, 0) is 11.3 Å². The number of rotatable bonds is 9. The fourth-order valence-corrected chi connectivity index (χ4v) is 3.40. The first-order valence-electron chi connectivity index (χ1n) is 10.2. The number of nitrogens with one attached hydrogen (secondary N) is 2. The summed E-state index contributed by atoms with van der Waals surface area (Å²) in [4.78, 5) is 34.4.